The molecule has 1 amide bonds. The van der Waals surface area contributed by atoms with E-state index in [2.05, 4.69) is 29.5 Å². The Morgan fingerprint density at radius 3 is 2.31 bits per heavy atom. The van der Waals surface area contributed by atoms with Gasteiger partial charge in [0.05, 0.1) is 12.0 Å². The first kappa shape index (κ1) is 21.0. The first-order chi connectivity index (χ1) is 12.5. The van der Waals surface area contributed by atoms with E-state index in [1.807, 2.05) is 14.1 Å². The van der Waals surface area contributed by atoms with Crippen LogP contribution in [0.4, 0.5) is 0 Å². The third-order valence-electron chi connectivity index (χ3n) is 6.01. The van der Waals surface area contributed by atoms with E-state index in [1.165, 1.54) is 25.7 Å². The molecular formula is C20H39N5O. The smallest absolute Gasteiger partial charge is 0.230 e. The molecule has 0 heterocycles. The van der Waals surface area contributed by atoms with Crippen LogP contribution in [0, 0.1) is 5.41 Å². The third kappa shape index (κ3) is 5.60. The highest BCUT2D eigenvalue weighted by molar-refractivity contribution is 5.84. The molecular weight excluding hydrogens is 326 g/mol. The minimum absolute atomic E-state index is 0.232. The van der Waals surface area contributed by atoms with E-state index in [0.717, 1.165) is 57.3 Å². The van der Waals surface area contributed by atoms with Gasteiger partial charge in [-0.1, -0.05) is 25.7 Å². The van der Waals surface area contributed by atoms with Crippen LogP contribution in [0.1, 0.15) is 58.3 Å². The van der Waals surface area contributed by atoms with Crippen molar-refractivity contribution in [3.63, 3.8) is 0 Å². The number of hydrogen-bond donors (Lipinski definition) is 2. The number of nitrogens with zero attached hydrogens (tertiary/aromatic N) is 3. The van der Waals surface area contributed by atoms with Crippen molar-refractivity contribution in [2.75, 3.05) is 47.3 Å². The second kappa shape index (κ2) is 10.1. The summed E-state index contributed by atoms with van der Waals surface area (Å²) >= 11 is 0. The summed E-state index contributed by atoms with van der Waals surface area (Å²) in [5.74, 6) is 1.07. The standard InChI is InChI=1S/C20H39N5O/c1-5-21-19(22-14-15-25(4)17-10-6-7-11-17)23-16-20(12-8-9-13-20)18(26)24(2)3/h17H,5-16H2,1-4H3,(H2,21,22,23). The molecule has 0 spiro atoms. The van der Waals surface area contributed by atoms with Crippen LogP contribution >= 0.6 is 0 Å². The molecule has 6 heteroatoms. The highest BCUT2D eigenvalue weighted by Gasteiger charge is 2.42. The van der Waals surface area contributed by atoms with Crippen molar-refractivity contribution in [1.82, 2.24) is 20.4 Å². The number of carbonyl (C=O) groups excluding carboxylic acids is 1. The van der Waals surface area contributed by atoms with Crippen molar-refractivity contribution >= 4 is 11.9 Å². The lowest BCUT2D eigenvalue weighted by Gasteiger charge is -2.29. The van der Waals surface area contributed by atoms with Gasteiger partial charge in [-0.05, 0) is 39.7 Å². The summed E-state index contributed by atoms with van der Waals surface area (Å²) in [6.07, 6.45) is 9.58. The number of carbonyl (C=O) groups is 1. The number of hydrogen-bond acceptors (Lipinski definition) is 3. The van der Waals surface area contributed by atoms with E-state index in [-0.39, 0.29) is 11.3 Å². The number of aliphatic imine (C=N–C) groups is 1. The zero-order chi connectivity index (χ0) is 19.0. The fourth-order valence-electron chi connectivity index (χ4n) is 4.42. The van der Waals surface area contributed by atoms with E-state index in [9.17, 15) is 4.79 Å². The van der Waals surface area contributed by atoms with Gasteiger partial charge >= 0.3 is 0 Å². The van der Waals surface area contributed by atoms with Gasteiger partial charge in [0.1, 0.15) is 0 Å². The Morgan fingerprint density at radius 1 is 1.08 bits per heavy atom. The van der Waals surface area contributed by atoms with E-state index in [4.69, 9.17) is 4.99 Å². The Bertz CT molecular complexity index is 465. The van der Waals surface area contributed by atoms with Gasteiger partial charge in [0, 0.05) is 39.8 Å². The first-order valence-electron chi connectivity index (χ1n) is 10.4. The largest absolute Gasteiger partial charge is 0.357 e. The van der Waals surface area contributed by atoms with E-state index in [1.54, 1.807) is 4.90 Å². The molecule has 6 nitrogen and oxygen atoms in total. The van der Waals surface area contributed by atoms with E-state index >= 15 is 0 Å². The van der Waals surface area contributed by atoms with Crippen LogP contribution in [0.2, 0.25) is 0 Å². The van der Waals surface area contributed by atoms with Crippen LogP contribution in [-0.4, -0.2) is 75.0 Å². The molecule has 2 fully saturated rings. The van der Waals surface area contributed by atoms with Crippen LogP contribution < -0.4 is 10.6 Å². The maximum atomic E-state index is 12.7. The fourth-order valence-corrected chi connectivity index (χ4v) is 4.42. The third-order valence-corrected chi connectivity index (χ3v) is 6.01. The van der Waals surface area contributed by atoms with Crippen molar-refractivity contribution < 1.29 is 4.79 Å². The molecule has 2 aliphatic rings. The molecule has 0 radical (unpaired) electrons. The molecule has 0 unspecified atom stereocenters. The summed E-state index contributed by atoms with van der Waals surface area (Å²) in [5, 5.41) is 6.79. The molecule has 0 aliphatic heterocycles. The number of likely N-dealkylation sites (N-methyl/N-ethyl adjacent to an activating group) is 1. The maximum Gasteiger partial charge on any atom is 0.230 e. The number of nitrogens with one attached hydrogen (secondary N) is 2. The lowest BCUT2D eigenvalue weighted by Crippen LogP contribution is -2.44. The average Bonchev–Trinajstić information content (AvgIpc) is 3.31. The molecule has 0 atom stereocenters. The number of rotatable bonds is 8. The molecule has 150 valence electrons. The van der Waals surface area contributed by atoms with Crippen LogP contribution in [0.15, 0.2) is 4.99 Å². The van der Waals surface area contributed by atoms with Gasteiger partial charge in [0.15, 0.2) is 5.96 Å². The van der Waals surface area contributed by atoms with Gasteiger partial charge in [-0.2, -0.15) is 0 Å². The molecule has 2 aliphatic carbocycles. The fraction of sp³-hybridized carbons (Fsp3) is 0.900. The summed E-state index contributed by atoms with van der Waals surface area (Å²) in [5.41, 5.74) is -0.299. The normalized spacial score (nSPS) is 20.6. The van der Waals surface area contributed by atoms with Crippen molar-refractivity contribution in [3.8, 4) is 0 Å². The second-order valence-corrected chi connectivity index (χ2v) is 8.23. The van der Waals surface area contributed by atoms with Crippen LogP contribution in [-0.2, 0) is 4.79 Å². The molecule has 0 bridgehead atoms. The molecule has 0 aromatic carbocycles. The Hall–Kier alpha value is -1.30. The molecule has 26 heavy (non-hydrogen) atoms. The van der Waals surface area contributed by atoms with Crippen molar-refractivity contribution in [2.45, 2.75) is 64.3 Å². The number of guanidine groups is 1. The van der Waals surface area contributed by atoms with Gasteiger partial charge < -0.3 is 20.4 Å². The topological polar surface area (TPSA) is 60.0 Å². The van der Waals surface area contributed by atoms with Crippen LogP contribution in [0.3, 0.4) is 0 Å². The minimum Gasteiger partial charge on any atom is -0.357 e. The zero-order valence-corrected chi connectivity index (χ0v) is 17.3. The minimum atomic E-state index is -0.299. The predicted molar refractivity (Wildman–Crippen MR) is 108 cm³/mol. The Kier molecular flexibility index (Phi) is 8.19. The van der Waals surface area contributed by atoms with Gasteiger partial charge in [0.2, 0.25) is 5.91 Å². The highest BCUT2D eigenvalue weighted by Crippen LogP contribution is 2.39. The van der Waals surface area contributed by atoms with Gasteiger partial charge in [-0.25, -0.2) is 0 Å². The summed E-state index contributed by atoms with van der Waals surface area (Å²) in [4.78, 5) is 21.7. The van der Waals surface area contributed by atoms with Crippen molar-refractivity contribution in [1.29, 1.82) is 0 Å². The number of amides is 1. The van der Waals surface area contributed by atoms with Crippen LogP contribution in [0.5, 0.6) is 0 Å². The lowest BCUT2D eigenvalue weighted by atomic mass is 9.85. The molecule has 2 rings (SSSR count). The molecule has 2 N–H and O–H groups in total. The summed E-state index contributed by atoms with van der Waals surface area (Å²) in [7, 11) is 5.94. The Morgan fingerprint density at radius 2 is 1.73 bits per heavy atom. The predicted octanol–water partition coefficient (Wildman–Crippen LogP) is 2.06. The second-order valence-electron chi connectivity index (χ2n) is 8.23. The van der Waals surface area contributed by atoms with Crippen LogP contribution in [0.25, 0.3) is 0 Å². The van der Waals surface area contributed by atoms with E-state index < -0.39 is 0 Å². The average molecular weight is 366 g/mol. The Labute approximate surface area is 159 Å². The Balaban J connectivity index is 1.89. The van der Waals surface area contributed by atoms with Gasteiger partial charge in [-0.3, -0.25) is 9.79 Å². The summed E-state index contributed by atoms with van der Waals surface area (Å²) in [6.45, 7) is 5.40. The SMILES string of the molecule is CCNC(=NCC1(C(=O)N(C)C)CCCC1)NCCN(C)C1CCCC1. The van der Waals surface area contributed by atoms with Crippen molar-refractivity contribution in [2.24, 2.45) is 10.4 Å². The molecule has 0 aromatic heterocycles. The lowest BCUT2D eigenvalue weighted by molar-refractivity contribution is -0.138. The maximum absolute atomic E-state index is 12.7. The summed E-state index contributed by atoms with van der Waals surface area (Å²) < 4.78 is 0. The monoisotopic (exact) mass is 365 g/mol. The van der Waals surface area contributed by atoms with E-state index in [0.29, 0.717) is 6.54 Å². The van der Waals surface area contributed by atoms with Crippen molar-refractivity contribution in [3.05, 3.63) is 0 Å². The first-order valence-corrected chi connectivity index (χ1v) is 10.4. The summed E-state index contributed by atoms with van der Waals surface area (Å²) in [6, 6.07) is 0.746. The van der Waals surface area contributed by atoms with Gasteiger partial charge in [-0.15, -0.1) is 0 Å². The van der Waals surface area contributed by atoms with Gasteiger partial charge in [0.25, 0.3) is 0 Å². The molecule has 0 saturated heterocycles. The molecule has 2 saturated carbocycles. The quantitative estimate of drug-likeness (QED) is 0.511. The molecule has 0 aromatic rings. The zero-order valence-electron chi connectivity index (χ0n) is 17.3. The highest BCUT2D eigenvalue weighted by atomic mass is 16.2.